The molecule has 3 aromatic rings. The van der Waals surface area contributed by atoms with Crippen LogP contribution in [0.5, 0.6) is 17.2 Å². The molecule has 3 aromatic carbocycles. The Morgan fingerprint density at radius 1 is 0.905 bits per heavy atom. The number of benzene rings is 3. The number of thiocarbonyl (C=S) groups is 1. The Labute approximate surface area is 256 Å². The molecule has 2 fully saturated rings. The van der Waals surface area contributed by atoms with Crippen LogP contribution in [0.15, 0.2) is 77.7 Å². The van der Waals surface area contributed by atoms with Gasteiger partial charge in [-0.1, -0.05) is 36.1 Å². The molecule has 0 atom stereocenters. The first kappa shape index (κ1) is 29.8. The maximum Gasteiger partial charge on any atom is 0.270 e. The third-order valence-corrected chi connectivity index (χ3v) is 8.48. The minimum absolute atomic E-state index is 0.155. The molecule has 0 aromatic heterocycles. The number of thioether (sulfide) groups is 1. The van der Waals surface area contributed by atoms with Crippen molar-refractivity contribution in [1.29, 1.82) is 0 Å². The van der Waals surface area contributed by atoms with Gasteiger partial charge in [-0.05, 0) is 98.7 Å². The number of likely N-dealkylation sites (N-methyl/N-ethyl adjacent to an activating group) is 1. The van der Waals surface area contributed by atoms with E-state index >= 15 is 0 Å². The molecule has 2 aliphatic heterocycles. The number of rotatable bonds is 11. The van der Waals surface area contributed by atoms with Crippen LogP contribution in [0, 0.1) is 0 Å². The lowest BCUT2D eigenvalue weighted by Crippen LogP contribution is -2.44. The molecule has 42 heavy (non-hydrogen) atoms. The molecule has 0 spiro atoms. The van der Waals surface area contributed by atoms with Crippen LogP contribution in [-0.2, 0) is 4.79 Å². The van der Waals surface area contributed by atoms with Crippen molar-refractivity contribution in [2.24, 2.45) is 5.73 Å². The van der Waals surface area contributed by atoms with Crippen LogP contribution in [0.2, 0.25) is 0 Å². The molecule has 10 heteroatoms. The van der Waals surface area contributed by atoms with E-state index in [9.17, 15) is 9.59 Å². The fourth-order valence-corrected chi connectivity index (χ4v) is 5.99. The van der Waals surface area contributed by atoms with Crippen molar-refractivity contribution in [2.45, 2.75) is 12.8 Å². The third kappa shape index (κ3) is 7.77. The van der Waals surface area contributed by atoms with Gasteiger partial charge in [0.2, 0.25) is 5.91 Å². The van der Waals surface area contributed by atoms with Crippen LogP contribution >= 0.6 is 24.0 Å². The number of hydrogen-bond donors (Lipinski definition) is 1. The van der Waals surface area contributed by atoms with Gasteiger partial charge in [-0.25, -0.2) is 0 Å². The Kier molecular flexibility index (Phi) is 9.91. The number of carbonyl (C=O) groups is 2. The first-order valence-corrected chi connectivity index (χ1v) is 15.2. The zero-order chi connectivity index (χ0) is 29.5. The minimum Gasteiger partial charge on any atom is -0.494 e. The first-order chi connectivity index (χ1) is 20.4. The van der Waals surface area contributed by atoms with Gasteiger partial charge in [-0.2, -0.15) is 0 Å². The highest BCUT2D eigenvalue weighted by molar-refractivity contribution is 8.27. The number of nitrogens with zero attached hydrogens (tertiary/aromatic N) is 3. The summed E-state index contributed by atoms with van der Waals surface area (Å²) >= 11 is 6.82. The largest absolute Gasteiger partial charge is 0.494 e. The monoisotopic (exact) mass is 602 g/mol. The van der Waals surface area contributed by atoms with Gasteiger partial charge in [0.15, 0.2) is 4.32 Å². The molecule has 2 aliphatic rings. The highest BCUT2D eigenvalue weighted by atomic mass is 32.2. The van der Waals surface area contributed by atoms with Gasteiger partial charge < -0.3 is 25.0 Å². The molecular weight excluding hydrogens is 569 g/mol. The van der Waals surface area contributed by atoms with Crippen LogP contribution in [0.25, 0.3) is 6.08 Å². The van der Waals surface area contributed by atoms with Gasteiger partial charge in [-0.3, -0.25) is 14.5 Å². The molecule has 2 saturated heterocycles. The predicted octanol–water partition coefficient (Wildman–Crippen LogP) is 5.39. The number of hydrogen-bond acceptors (Lipinski definition) is 8. The van der Waals surface area contributed by atoms with Crippen molar-refractivity contribution >= 4 is 51.9 Å². The number of ether oxygens (including phenoxy) is 2. The van der Waals surface area contributed by atoms with Crippen molar-refractivity contribution < 1.29 is 19.1 Å². The van der Waals surface area contributed by atoms with E-state index in [2.05, 4.69) is 16.8 Å². The third-order valence-electron chi connectivity index (χ3n) is 7.17. The maximum atomic E-state index is 13.2. The zero-order valence-electron chi connectivity index (χ0n) is 23.5. The van der Waals surface area contributed by atoms with Crippen molar-refractivity contribution in [3.05, 3.63) is 88.8 Å². The van der Waals surface area contributed by atoms with Crippen LogP contribution in [0.1, 0.15) is 28.8 Å². The Morgan fingerprint density at radius 3 is 2.17 bits per heavy atom. The summed E-state index contributed by atoms with van der Waals surface area (Å²) in [5.74, 6) is 1.36. The number of anilines is 1. The van der Waals surface area contributed by atoms with E-state index in [1.807, 2.05) is 54.6 Å². The van der Waals surface area contributed by atoms with Gasteiger partial charge >= 0.3 is 0 Å². The van der Waals surface area contributed by atoms with E-state index in [0.717, 1.165) is 62.6 Å². The van der Waals surface area contributed by atoms with Crippen molar-refractivity contribution in [1.82, 2.24) is 9.80 Å². The van der Waals surface area contributed by atoms with Gasteiger partial charge in [0.05, 0.1) is 17.2 Å². The summed E-state index contributed by atoms with van der Waals surface area (Å²) in [5, 5.41) is 0. The number of piperazine rings is 1. The summed E-state index contributed by atoms with van der Waals surface area (Å²) in [4.78, 5) is 31.5. The smallest absolute Gasteiger partial charge is 0.270 e. The van der Waals surface area contributed by atoms with E-state index in [1.54, 1.807) is 29.2 Å². The topological polar surface area (TPSA) is 88.3 Å². The van der Waals surface area contributed by atoms with Gasteiger partial charge in [0.1, 0.15) is 17.2 Å². The highest BCUT2D eigenvalue weighted by Crippen LogP contribution is 2.37. The van der Waals surface area contributed by atoms with Crippen LogP contribution in [0.4, 0.5) is 5.69 Å². The molecule has 218 valence electrons. The number of nitrogens with two attached hydrogens (primary N) is 1. The fourth-order valence-electron chi connectivity index (χ4n) is 4.69. The lowest BCUT2D eigenvalue weighted by molar-refractivity contribution is -0.113. The lowest BCUT2D eigenvalue weighted by Gasteiger charge is -2.32. The molecule has 0 radical (unpaired) electrons. The number of primary amides is 1. The van der Waals surface area contributed by atoms with Crippen molar-refractivity contribution in [3.63, 3.8) is 0 Å². The minimum atomic E-state index is -0.486. The summed E-state index contributed by atoms with van der Waals surface area (Å²) in [6, 6.07) is 21.5. The molecule has 0 aliphatic carbocycles. The normalized spacial score (nSPS) is 17.2. The Hall–Kier alpha value is -3.70. The van der Waals surface area contributed by atoms with Crippen LogP contribution < -0.4 is 20.1 Å². The molecule has 5 rings (SSSR count). The molecule has 2 heterocycles. The van der Waals surface area contributed by atoms with E-state index in [0.29, 0.717) is 32.9 Å². The number of carbonyl (C=O) groups excluding carboxylic acids is 2. The predicted molar refractivity (Wildman–Crippen MR) is 172 cm³/mol. The summed E-state index contributed by atoms with van der Waals surface area (Å²) in [5.41, 5.74) is 7.27. The highest BCUT2D eigenvalue weighted by Gasteiger charge is 2.33. The quantitative estimate of drug-likeness (QED) is 0.178. The Morgan fingerprint density at radius 2 is 1.52 bits per heavy atom. The standard InChI is InChI=1S/C32H34N4O4S2/c1-34-17-19-35(20-18-34)16-2-3-21-39-26-14-8-25(9-15-26)36-31(38)29(42-32(36)41)22-23-4-10-27(11-5-23)40-28-12-6-24(7-13-28)30(33)37/h4-15,22H,2-3,16-21H2,1H3,(H2,33,37)/b29-22-. The van der Waals surface area contributed by atoms with E-state index in [4.69, 9.17) is 27.4 Å². The van der Waals surface area contributed by atoms with Crippen molar-refractivity contribution in [3.8, 4) is 17.2 Å². The van der Waals surface area contributed by atoms with E-state index in [-0.39, 0.29) is 5.91 Å². The number of unbranched alkanes of at least 4 members (excludes halogenated alkanes) is 1. The molecule has 0 saturated carbocycles. The average Bonchev–Trinajstić information content (AvgIpc) is 3.27. The zero-order valence-corrected chi connectivity index (χ0v) is 25.2. The van der Waals surface area contributed by atoms with E-state index in [1.165, 1.54) is 11.8 Å². The Bertz CT molecular complexity index is 1430. The lowest BCUT2D eigenvalue weighted by atomic mass is 10.2. The summed E-state index contributed by atoms with van der Waals surface area (Å²) in [7, 11) is 2.17. The second-order valence-electron chi connectivity index (χ2n) is 10.3. The summed E-state index contributed by atoms with van der Waals surface area (Å²) < 4.78 is 12.3. The van der Waals surface area contributed by atoms with E-state index < -0.39 is 5.91 Å². The fraction of sp³-hybridized carbons (Fsp3) is 0.281. The van der Waals surface area contributed by atoms with Gasteiger partial charge in [-0.15, -0.1) is 0 Å². The Balaban J connectivity index is 1.11. The van der Waals surface area contributed by atoms with Crippen LogP contribution in [0.3, 0.4) is 0 Å². The average molecular weight is 603 g/mol. The summed E-state index contributed by atoms with van der Waals surface area (Å²) in [6.45, 7) is 6.35. The first-order valence-electron chi connectivity index (χ1n) is 14.0. The molecule has 0 bridgehead atoms. The van der Waals surface area contributed by atoms with Crippen molar-refractivity contribution in [2.75, 3.05) is 51.3 Å². The second kappa shape index (κ2) is 14.0. The second-order valence-corrected chi connectivity index (χ2v) is 11.9. The molecular formula is C32H34N4O4S2. The van der Waals surface area contributed by atoms with Gasteiger partial charge in [0.25, 0.3) is 5.91 Å². The SMILES string of the molecule is CN1CCN(CCCCOc2ccc(N3C(=O)/C(=C/c4ccc(Oc5ccc(C(N)=O)cc5)cc4)SC3=S)cc2)CC1. The molecule has 8 nitrogen and oxygen atoms in total. The van der Waals surface area contributed by atoms with Crippen LogP contribution in [-0.4, -0.2) is 72.3 Å². The summed E-state index contributed by atoms with van der Waals surface area (Å²) in [6.07, 6.45) is 3.95. The molecule has 2 N–H and O–H groups in total. The molecule has 2 amide bonds. The van der Waals surface area contributed by atoms with Gasteiger partial charge in [0, 0.05) is 31.7 Å². The molecule has 0 unspecified atom stereocenters. The number of amides is 2. The maximum absolute atomic E-state index is 13.2.